The number of hydrogen-bond acceptors (Lipinski definition) is 4. The lowest BCUT2D eigenvalue weighted by atomic mass is 9.95. The van der Waals surface area contributed by atoms with Gasteiger partial charge in [-0.15, -0.1) is 0 Å². The number of hydrogen-bond donors (Lipinski definition) is 1. The van der Waals surface area contributed by atoms with E-state index in [-0.39, 0.29) is 5.92 Å². The van der Waals surface area contributed by atoms with Crippen LogP contribution in [0.1, 0.15) is 37.8 Å². The van der Waals surface area contributed by atoms with E-state index in [1.807, 2.05) is 18.5 Å². The molecule has 0 amide bonds. The molecule has 0 spiro atoms. The lowest BCUT2D eigenvalue weighted by Gasteiger charge is -2.27. The van der Waals surface area contributed by atoms with Crippen LogP contribution < -0.4 is 0 Å². The highest BCUT2D eigenvalue weighted by atomic mass is 32.2. The standard InChI is InChI=1S/C18H22N6O2S/c1-12-7-13(9-22-27(25,26)23-5-2-6-23)8-14(12)16-10-20-17-11-21-18-15(24(16)17)3-4-19-18/h3-4,9-14,19H,2,5-8H2,1H3/t12-,13?,14+/m1/s1. The Morgan fingerprint density at radius 3 is 2.89 bits per heavy atom. The Morgan fingerprint density at radius 2 is 2.11 bits per heavy atom. The van der Waals surface area contributed by atoms with E-state index in [9.17, 15) is 8.42 Å². The normalized spacial score (nSPS) is 27.1. The van der Waals surface area contributed by atoms with E-state index in [0.29, 0.717) is 24.9 Å². The van der Waals surface area contributed by atoms with Crippen LogP contribution in [0.5, 0.6) is 0 Å². The molecular formula is C18H22N6O2S. The minimum Gasteiger partial charge on any atom is -0.345 e. The number of fused-ring (bicyclic) bond motifs is 3. The number of nitrogens with one attached hydrogen (secondary N) is 1. The first kappa shape index (κ1) is 16.9. The summed E-state index contributed by atoms with van der Waals surface area (Å²) in [5.41, 5.74) is 3.85. The lowest BCUT2D eigenvalue weighted by molar-refractivity contribution is 0.310. The third-order valence-corrected chi connectivity index (χ3v) is 7.32. The zero-order valence-corrected chi connectivity index (χ0v) is 15.9. The van der Waals surface area contributed by atoms with E-state index < -0.39 is 10.2 Å². The summed E-state index contributed by atoms with van der Waals surface area (Å²) in [5.74, 6) is 0.897. The molecule has 3 atom stereocenters. The van der Waals surface area contributed by atoms with E-state index in [2.05, 4.69) is 30.7 Å². The van der Waals surface area contributed by atoms with E-state index in [1.54, 1.807) is 12.4 Å². The van der Waals surface area contributed by atoms with Gasteiger partial charge < -0.3 is 4.98 Å². The highest BCUT2D eigenvalue weighted by molar-refractivity contribution is 7.87. The summed E-state index contributed by atoms with van der Waals surface area (Å²) in [5, 5.41) is 0. The third kappa shape index (κ3) is 2.76. The molecule has 0 aromatic carbocycles. The number of imidazole rings is 1. The van der Waals surface area contributed by atoms with Crippen LogP contribution in [0, 0.1) is 11.8 Å². The summed E-state index contributed by atoms with van der Waals surface area (Å²) in [6.45, 7) is 3.40. The maximum atomic E-state index is 12.2. The van der Waals surface area contributed by atoms with Crippen LogP contribution in [0.15, 0.2) is 29.1 Å². The quantitative estimate of drug-likeness (QED) is 0.696. The molecule has 5 rings (SSSR count). The second kappa shape index (κ2) is 6.13. The Labute approximate surface area is 157 Å². The van der Waals surface area contributed by atoms with Gasteiger partial charge in [-0.2, -0.15) is 17.1 Å². The number of aromatic amines is 1. The van der Waals surface area contributed by atoms with Crippen molar-refractivity contribution in [1.82, 2.24) is 23.7 Å². The van der Waals surface area contributed by atoms with Crippen molar-refractivity contribution in [3.8, 4) is 0 Å². The fraction of sp³-hybridized carbons (Fsp3) is 0.500. The molecule has 2 fully saturated rings. The van der Waals surface area contributed by atoms with E-state index in [1.165, 1.54) is 4.31 Å². The van der Waals surface area contributed by atoms with Crippen LogP contribution >= 0.6 is 0 Å². The monoisotopic (exact) mass is 386 g/mol. The lowest BCUT2D eigenvalue weighted by Crippen LogP contribution is -2.40. The molecule has 1 unspecified atom stereocenters. The van der Waals surface area contributed by atoms with Crippen LogP contribution in [-0.2, 0) is 10.2 Å². The average molecular weight is 386 g/mol. The van der Waals surface area contributed by atoms with Gasteiger partial charge in [0.05, 0.1) is 11.7 Å². The Hall–Kier alpha value is -2.26. The second-order valence-corrected chi connectivity index (χ2v) is 9.27. The molecule has 1 aliphatic carbocycles. The molecule has 8 nitrogen and oxygen atoms in total. The summed E-state index contributed by atoms with van der Waals surface area (Å²) in [7, 11) is -3.48. The summed E-state index contributed by atoms with van der Waals surface area (Å²) in [6.07, 6.45) is 9.98. The molecule has 3 aromatic heterocycles. The highest BCUT2D eigenvalue weighted by Crippen LogP contribution is 2.42. The molecule has 2 aliphatic rings. The Bertz CT molecular complexity index is 1130. The number of H-pyrrole nitrogens is 1. The van der Waals surface area contributed by atoms with Gasteiger partial charge in [0.2, 0.25) is 0 Å². The van der Waals surface area contributed by atoms with Crippen LogP contribution in [0.4, 0.5) is 0 Å². The van der Waals surface area contributed by atoms with Crippen molar-refractivity contribution in [3.05, 3.63) is 30.4 Å². The van der Waals surface area contributed by atoms with Crippen molar-refractivity contribution >= 4 is 33.2 Å². The molecule has 0 bridgehead atoms. The maximum Gasteiger partial charge on any atom is 0.321 e. The molecule has 9 heteroatoms. The van der Waals surface area contributed by atoms with E-state index in [4.69, 9.17) is 0 Å². The van der Waals surface area contributed by atoms with Crippen molar-refractivity contribution in [2.24, 2.45) is 16.2 Å². The molecule has 1 aliphatic heterocycles. The zero-order valence-electron chi connectivity index (χ0n) is 15.1. The van der Waals surface area contributed by atoms with Crippen LogP contribution in [0.25, 0.3) is 16.8 Å². The number of nitrogens with zero attached hydrogens (tertiary/aromatic N) is 5. The van der Waals surface area contributed by atoms with Crippen molar-refractivity contribution in [2.75, 3.05) is 13.1 Å². The summed E-state index contributed by atoms with van der Waals surface area (Å²) >= 11 is 0. The van der Waals surface area contributed by atoms with Crippen molar-refractivity contribution < 1.29 is 8.42 Å². The predicted molar refractivity (Wildman–Crippen MR) is 103 cm³/mol. The SMILES string of the molecule is C[C@@H]1CC(C=NS(=O)(=O)N2CCC2)C[C@@H]1c1cnc2cnc3[nH]ccc3n12. The first-order valence-electron chi connectivity index (χ1n) is 9.38. The maximum absolute atomic E-state index is 12.2. The van der Waals surface area contributed by atoms with Gasteiger partial charge in [-0.3, -0.25) is 4.40 Å². The van der Waals surface area contributed by atoms with E-state index in [0.717, 1.165) is 41.8 Å². The largest absolute Gasteiger partial charge is 0.345 e. The fourth-order valence-electron chi connectivity index (χ4n) is 4.33. The van der Waals surface area contributed by atoms with Gasteiger partial charge >= 0.3 is 10.2 Å². The van der Waals surface area contributed by atoms with Gasteiger partial charge in [-0.1, -0.05) is 6.92 Å². The summed E-state index contributed by atoms with van der Waals surface area (Å²) in [6, 6.07) is 2.01. The smallest absolute Gasteiger partial charge is 0.321 e. The van der Waals surface area contributed by atoms with Crippen LogP contribution in [0.2, 0.25) is 0 Å². The predicted octanol–water partition coefficient (Wildman–Crippen LogP) is 2.36. The summed E-state index contributed by atoms with van der Waals surface area (Å²) < 4.78 is 31.9. The third-order valence-electron chi connectivity index (χ3n) is 5.91. The zero-order chi connectivity index (χ0) is 18.6. The van der Waals surface area contributed by atoms with Gasteiger partial charge in [0, 0.05) is 43.3 Å². The van der Waals surface area contributed by atoms with Gasteiger partial charge in [0.25, 0.3) is 0 Å². The first-order valence-corrected chi connectivity index (χ1v) is 10.8. The van der Waals surface area contributed by atoms with Crippen molar-refractivity contribution in [1.29, 1.82) is 0 Å². The minimum absolute atomic E-state index is 0.162. The second-order valence-electron chi connectivity index (χ2n) is 7.65. The molecule has 4 heterocycles. The van der Waals surface area contributed by atoms with Crippen molar-refractivity contribution in [3.63, 3.8) is 0 Å². The molecule has 1 saturated heterocycles. The average Bonchev–Trinajstić information content (AvgIpc) is 3.27. The molecule has 142 valence electrons. The number of aromatic nitrogens is 4. The van der Waals surface area contributed by atoms with Crippen molar-refractivity contribution in [2.45, 2.75) is 32.1 Å². The Morgan fingerprint density at radius 1 is 1.26 bits per heavy atom. The first-order chi connectivity index (χ1) is 13.0. The molecule has 1 N–H and O–H groups in total. The molecule has 1 saturated carbocycles. The number of rotatable bonds is 4. The van der Waals surface area contributed by atoms with Crippen LogP contribution in [-0.4, -0.2) is 51.4 Å². The van der Waals surface area contributed by atoms with Gasteiger partial charge in [0.15, 0.2) is 11.3 Å². The highest BCUT2D eigenvalue weighted by Gasteiger charge is 2.34. The Balaban J connectivity index is 1.43. The fourth-order valence-corrected chi connectivity index (χ4v) is 5.51. The van der Waals surface area contributed by atoms with Crippen LogP contribution in [0.3, 0.4) is 0 Å². The van der Waals surface area contributed by atoms with E-state index >= 15 is 0 Å². The molecule has 0 radical (unpaired) electrons. The topological polar surface area (TPSA) is 95.7 Å². The molecule has 27 heavy (non-hydrogen) atoms. The molecular weight excluding hydrogens is 364 g/mol. The van der Waals surface area contributed by atoms with Gasteiger partial charge in [0.1, 0.15) is 0 Å². The van der Waals surface area contributed by atoms with Gasteiger partial charge in [-0.05, 0) is 37.2 Å². The molecule has 3 aromatic rings. The van der Waals surface area contributed by atoms with Gasteiger partial charge in [-0.25, -0.2) is 9.97 Å². The summed E-state index contributed by atoms with van der Waals surface area (Å²) in [4.78, 5) is 12.1. The minimum atomic E-state index is -3.48. The Kier molecular flexibility index (Phi) is 3.83.